The fourth-order valence-corrected chi connectivity index (χ4v) is 4.15. The number of hydrogen-bond acceptors (Lipinski definition) is 1. The summed E-state index contributed by atoms with van der Waals surface area (Å²) in [5, 5.41) is 1.23. The summed E-state index contributed by atoms with van der Waals surface area (Å²) in [7, 11) is 0. The average molecular weight is 606 g/mol. The predicted octanol–water partition coefficient (Wildman–Crippen LogP) is 3.37. The van der Waals surface area contributed by atoms with E-state index in [1.807, 2.05) is 0 Å². The van der Waals surface area contributed by atoms with Crippen molar-refractivity contribution in [3.05, 3.63) is 70.3 Å². The lowest BCUT2D eigenvalue weighted by Crippen LogP contribution is -3.00. The van der Waals surface area contributed by atoms with Gasteiger partial charge < -0.3 is 28.9 Å². The Kier molecular flexibility index (Phi) is 10.2. The molecule has 0 unspecified atom stereocenters. The molecule has 0 saturated carbocycles. The number of benzene rings is 2. The largest absolute Gasteiger partial charge is 1.00 e. The van der Waals surface area contributed by atoms with Crippen molar-refractivity contribution in [2.75, 3.05) is 29.7 Å². The maximum atomic E-state index is 5.91. The molecule has 0 radical (unpaired) electrons. The van der Waals surface area contributed by atoms with Crippen molar-refractivity contribution in [2.45, 2.75) is 13.5 Å². The minimum atomic E-state index is 0. The third kappa shape index (κ3) is 6.33. The highest BCUT2D eigenvalue weighted by Crippen LogP contribution is 2.20. The Morgan fingerprint density at radius 3 is 2.24 bits per heavy atom. The van der Waals surface area contributed by atoms with E-state index in [2.05, 4.69) is 99.1 Å². The molecule has 1 aromatic heterocycles. The monoisotopic (exact) mass is 604 g/mol. The van der Waals surface area contributed by atoms with E-state index in [9.17, 15) is 0 Å². The van der Waals surface area contributed by atoms with Crippen LogP contribution in [-0.2, 0) is 6.54 Å². The highest BCUT2D eigenvalue weighted by molar-refractivity contribution is 9.10. The Morgan fingerprint density at radius 1 is 0.931 bits per heavy atom. The second kappa shape index (κ2) is 12.1. The zero-order valence-corrected chi connectivity index (χ0v) is 21.5. The fourth-order valence-electron chi connectivity index (χ4n) is 3.36. The molecule has 2 aromatic carbocycles. The lowest BCUT2D eigenvalue weighted by molar-refractivity contribution is -0.669. The SMILES string of the molecule is CC[n+]1c(/C=C/c2ccc(N(CCCl)CCCl)cc2)ccc2cc(Br)ccc21.[I-]. The number of aryl methyl sites for hydroxylation is 1. The first-order valence-corrected chi connectivity index (χ1v) is 11.3. The summed E-state index contributed by atoms with van der Waals surface area (Å²) in [5.41, 5.74) is 4.74. The number of pyridine rings is 1. The first kappa shape index (κ1) is 24.4. The van der Waals surface area contributed by atoms with Gasteiger partial charge in [0.15, 0.2) is 0 Å². The van der Waals surface area contributed by atoms with E-state index < -0.39 is 0 Å². The average Bonchev–Trinajstić information content (AvgIpc) is 2.72. The van der Waals surface area contributed by atoms with Crippen molar-refractivity contribution >= 4 is 67.9 Å². The van der Waals surface area contributed by atoms with Crippen molar-refractivity contribution in [2.24, 2.45) is 0 Å². The molecule has 0 amide bonds. The van der Waals surface area contributed by atoms with Crippen molar-refractivity contribution in [1.82, 2.24) is 0 Å². The summed E-state index contributed by atoms with van der Waals surface area (Å²) < 4.78 is 3.43. The Morgan fingerprint density at radius 2 is 1.62 bits per heavy atom. The Hall–Kier alpha value is -0.820. The lowest BCUT2D eigenvalue weighted by Gasteiger charge is -2.22. The van der Waals surface area contributed by atoms with E-state index in [-0.39, 0.29) is 24.0 Å². The topological polar surface area (TPSA) is 7.12 Å². The molecule has 29 heavy (non-hydrogen) atoms. The first-order valence-electron chi connectivity index (χ1n) is 9.43. The van der Waals surface area contributed by atoms with Gasteiger partial charge in [-0.1, -0.05) is 28.1 Å². The number of alkyl halides is 2. The van der Waals surface area contributed by atoms with E-state index in [0.29, 0.717) is 11.8 Å². The number of halogens is 4. The standard InChI is InChI=1S/C23H24BrCl2N2.HI/c1-2-28-22(11-6-19-17-20(24)7-12-23(19)28)10-5-18-3-8-21(9-4-18)27(15-13-25)16-14-26;/h3-12,17H,2,13-16H2,1H3;1H/q+1;/p-1. The third-order valence-electron chi connectivity index (χ3n) is 4.76. The van der Waals surface area contributed by atoms with Crippen LogP contribution in [0.3, 0.4) is 0 Å². The Bertz CT molecular complexity index is 955. The number of hydrogen-bond donors (Lipinski definition) is 0. The van der Waals surface area contributed by atoms with Gasteiger partial charge in [-0.3, -0.25) is 0 Å². The number of fused-ring (bicyclic) bond motifs is 1. The molecule has 0 aliphatic carbocycles. The maximum absolute atomic E-state index is 5.91. The molecular weight excluding hydrogens is 582 g/mol. The molecule has 0 atom stereocenters. The van der Waals surface area contributed by atoms with Gasteiger partial charge in [0.2, 0.25) is 11.2 Å². The van der Waals surface area contributed by atoms with Gasteiger partial charge in [0.25, 0.3) is 0 Å². The summed E-state index contributed by atoms with van der Waals surface area (Å²) in [6, 6.07) is 19.3. The van der Waals surface area contributed by atoms with Gasteiger partial charge in [-0.15, -0.1) is 23.2 Å². The Balaban J connectivity index is 0.00000300. The van der Waals surface area contributed by atoms with E-state index in [4.69, 9.17) is 23.2 Å². The van der Waals surface area contributed by atoms with Crippen LogP contribution >= 0.6 is 39.1 Å². The number of nitrogens with zero attached hydrogens (tertiary/aromatic N) is 2. The molecule has 0 aliphatic heterocycles. The van der Waals surface area contributed by atoms with Crippen LogP contribution in [0.5, 0.6) is 0 Å². The van der Waals surface area contributed by atoms with Crippen LogP contribution in [0.1, 0.15) is 18.2 Å². The summed E-state index contributed by atoms with van der Waals surface area (Å²) >= 11 is 15.4. The molecule has 6 heteroatoms. The van der Waals surface area contributed by atoms with Crippen LogP contribution in [0.15, 0.2) is 59.1 Å². The van der Waals surface area contributed by atoms with E-state index >= 15 is 0 Å². The highest BCUT2D eigenvalue weighted by Gasteiger charge is 2.12. The Labute approximate surface area is 208 Å². The fraction of sp³-hybridized carbons (Fsp3) is 0.261. The van der Waals surface area contributed by atoms with Gasteiger partial charge in [-0.2, -0.15) is 4.57 Å². The van der Waals surface area contributed by atoms with Crippen molar-refractivity contribution in [1.29, 1.82) is 0 Å². The van der Waals surface area contributed by atoms with Crippen molar-refractivity contribution in [3.8, 4) is 0 Å². The van der Waals surface area contributed by atoms with Gasteiger partial charge in [0.05, 0.1) is 0 Å². The van der Waals surface area contributed by atoms with E-state index in [1.165, 1.54) is 22.2 Å². The van der Waals surface area contributed by atoms with E-state index in [1.54, 1.807) is 0 Å². The van der Waals surface area contributed by atoms with Crippen LogP contribution in [0.25, 0.3) is 23.1 Å². The molecule has 0 aliphatic rings. The minimum Gasteiger partial charge on any atom is -1.00 e. The van der Waals surface area contributed by atoms with Gasteiger partial charge in [0.1, 0.15) is 6.54 Å². The molecule has 0 bridgehead atoms. The second-order valence-corrected chi connectivity index (χ2v) is 8.17. The maximum Gasteiger partial charge on any atom is 0.213 e. The third-order valence-corrected chi connectivity index (χ3v) is 5.59. The summed E-state index contributed by atoms with van der Waals surface area (Å²) in [6.45, 7) is 4.69. The number of aromatic nitrogens is 1. The molecule has 0 spiro atoms. The molecule has 0 N–H and O–H groups in total. The molecular formula is C23H24BrCl2IN2. The van der Waals surface area contributed by atoms with Gasteiger partial charge in [-0.05, 0) is 48.9 Å². The summed E-state index contributed by atoms with van der Waals surface area (Å²) in [5.74, 6) is 1.18. The zero-order valence-electron chi connectivity index (χ0n) is 16.3. The smallest absolute Gasteiger partial charge is 0.213 e. The molecule has 2 nitrogen and oxygen atoms in total. The highest BCUT2D eigenvalue weighted by atomic mass is 127. The second-order valence-electron chi connectivity index (χ2n) is 6.50. The normalized spacial score (nSPS) is 11.0. The minimum absolute atomic E-state index is 0. The molecule has 3 rings (SSSR count). The van der Waals surface area contributed by atoms with Crippen LogP contribution in [0.2, 0.25) is 0 Å². The molecule has 154 valence electrons. The molecule has 3 aromatic rings. The quantitative estimate of drug-likeness (QED) is 0.217. The molecule has 1 heterocycles. The van der Waals surface area contributed by atoms with Crippen LogP contribution < -0.4 is 33.4 Å². The van der Waals surface area contributed by atoms with Gasteiger partial charge in [-0.25, -0.2) is 0 Å². The summed E-state index contributed by atoms with van der Waals surface area (Å²) in [6.07, 6.45) is 4.33. The van der Waals surface area contributed by atoms with E-state index in [0.717, 1.165) is 29.8 Å². The van der Waals surface area contributed by atoms with Gasteiger partial charge in [0, 0.05) is 58.6 Å². The molecule has 0 fully saturated rings. The zero-order chi connectivity index (χ0) is 19.9. The first-order chi connectivity index (χ1) is 13.7. The number of rotatable bonds is 8. The van der Waals surface area contributed by atoms with Gasteiger partial charge >= 0.3 is 0 Å². The molecule has 0 saturated heterocycles. The summed E-state index contributed by atoms with van der Waals surface area (Å²) in [4.78, 5) is 2.21. The van der Waals surface area contributed by atoms with Crippen LogP contribution in [0.4, 0.5) is 5.69 Å². The van der Waals surface area contributed by atoms with Crippen molar-refractivity contribution < 1.29 is 28.5 Å². The predicted molar refractivity (Wildman–Crippen MR) is 127 cm³/mol. The van der Waals surface area contributed by atoms with Crippen LogP contribution in [-0.4, -0.2) is 24.8 Å². The lowest BCUT2D eigenvalue weighted by atomic mass is 10.1. The number of anilines is 1. The van der Waals surface area contributed by atoms with Crippen LogP contribution in [0, 0.1) is 0 Å². The van der Waals surface area contributed by atoms with Crippen molar-refractivity contribution in [3.63, 3.8) is 0 Å².